The molecule has 0 bridgehead atoms. The molecule has 1 aromatic rings. The van der Waals surface area contributed by atoms with Gasteiger partial charge in [0.2, 0.25) is 0 Å². The van der Waals surface area contributed by atoms with Crippen LogP contribution in [-0.4, -0.2) is 41.6 Å². The second-order valence-electron chi connectivity index (χ2n) is 4.78. The van der Waals surface area contributed by atoms with Crippen molar-refractivity contribution < 1.29 is 0 Å². The summed E-state index contributed by atoms with van der Waals surface area (Å²) in [6.45, 7) is 9.10. The Morgan fingerprint density at radius 1 is 1.25 bits per heavy atom. The smallest absolute Gasteiger partial charge is 0.0301 e. The van der Waals surface area contributed by atoms with Crippen LogP contribution >= 0.6 is 0 Å². The van der Waals surface area contributed by atoms with Crippen LogP contribution in [0.4, 0.5) is 0 Å². The van der Waals surface area contributed by atoms with E-state index in [1.807, 2.05) is 18.2 Å². The molecule has 1 aliphatic heterocycles. The van der Waals surface area contributed by atoms with Gasteiger partial charge in [0, 0.05) is 37.1 Å². The zero-order valence-electron chi connectivity index (χ0n) is 10.8. The average Bonchev–Trinajstić information content (AvgIpc) is 2.30. The van der Waals surface area contributed by atoms with E-state index in [2.05, 4.69) is 43.0 Å². The molecule has 0 aromatic carbocycles. The molecular formula is C13H23N3. The molecule has 1 aliphatic rings. The monoisotopic (exact) mass is 221 g/mol. The number of piperazine rings is 1. The molecule has 1 saturated heterocycles. The highest BCUT2D eigenvalue weighted by Gasteiger charge is 2.32. The van der Waals surface area contributed by atoms with Crippen molar-refractivity contribution in [2.45, 2.75) is 32.4 Å². The summed E-state index contributed by atoms with van der Waals surface area (Å²) < 4.78 is 0. The summed E-state index contributed by atoms with van der Waals surface area (Å²) in [6, 6.07) is 6.32. The number of rotatable bonds is 0. The summed E-state index contributed by atoms with van der Waals surface area (Å²) in [5.74, 6) is 0. The first-order valence-corrected chi connectivity index (χ1v) is 5.85. The molecular weight excluding hydrogens is 198 g/mol. The second-order valence-corrected chi connectivity index (χ2v) is 4.78. The normalized spacial score (nSPS) is 24.4. The van der Waals surface area contributed by atoms with Crippen LogP contribution in [-0.2, 0) is 0 Å². The molecule has 0 saturated carbocycles. The Balaban J connectivity index is 0.000000181. The van der Waals surface area contributed by atoms with Gasteiger partial charge in [0.25, 0.3) is 0 Å². The molecule has 1 fully saturated rings. The molecule has 1 N–H and O–H groups in total. The lowest BCUT2D eigenvalue weighted by Gasteiger charge is -2.45. The van der Waals surface area contributed by atoms with E-state index in [0.717, 1.165) is 13.1 Å². The molecule has 1 unspecified atom stereocenters. The van der Waals surface area contributed by atoms with E-state index in [1.54, 1.807) is 12.4 Å². The lowest BCUT2D eigenvalue weighted by molar-refractivity contribution is 0.0821. The van der Waals surface area contributed by atoms with Crippen LogP contribution in [0.25, 0.3) is 0 Å². The van der Waals surface area contributed by atoms with Crippen LogP contribution in [0.15, 0.2) is 30.6 Å². The number of hydrogen-bond acceptors (Lipinski definition) is 3. The minimum Gasteiger partial charge on any atom is -0.311 e. The Kier molecular flexibility index (Phi) is 4.90. The number of hydrogen-bond donors (Lipinski definition) is 1. The van der Waals surface area contributed by atoms with E-state index in [4.69, 9.17) is 0 Å². The molecule has 0 amide bonds. The van der Waals surface area contributed by atoms with Gasteiger partial charge in [-0.2, -0.15) is 0 Å². The largest absolute Gasteiger partial charge is 0.311 e. The molecule has 3 nitrogen and oxygen atoms in total. The van der Waals surface area contributed by atoms with Gasteiger partial charge in [-0.3, -0.25) is 9.88 Å². The highest BCUT2D eigenvalue weighted by molar-refractivity contribution is 4.93. The van der Waals surface area contributed by atoms with Crippen molar-refractivity contribution in [3.8, 4) is 0 Å². The molecule has 1 aromatic heterocycles. The first-order chi connectivity index (χ1) is 7.55. The van der Waals surface area contributed by atoms with E-state index in [0.29, 0.717) is 11.6 Å². The topological polar surface area (TPSA) is 28.2 Å². The highest BCUT2D eigenvalue weighted by atomic mass is 15.2. The summed E-state index contributed by atoms with van der Waals surface area (Å²) in [5, 5.41) is 3.46. The Morgan fingerprint density at radius 2 is 1.88 bits per heavy atom. The third kappa shape index (κ3) is 3.58. The van der Waals surface area contributed by atoms with Gasteiger partial charge in [-0.1, -0.05) is 6.07 Å². The molecule has 2 heterocycles. The fourth-order valence-corrected chi connectivity index (χ4v) is 1.63. The van der Waals surface area contributed by atoms with Gasteiger partial charge in [0.05, 0.1) is 0 Å². The SMILES string of the molecule is CC1NCCN(C)C1(C)C.c1ccncc1. The van der Waals surface area contributed by atoms with Crippen molar-refractivity contribution >= 4 is 0 Å². The Morgan fingerprint density at radius 3 is 2.19 bits per heavy atom. The maximum Gasteiger partial charge on any atom is 0.0301 e. The number of likely N-dealkylation sites (N-methyl/N-ethyl adjacent to an activating group) is 1. The van der Waals surface area contributed by atoms with E-state index in [-0.39, 0.29) is 0 Å². The van der Waals surface area contributed by atoms with Crippen LogP contribution in [0, 0.1) is 0 Å². The van der Waals surface area contributed by atoms with Crippen molar-refractivity contribution in [2.75, 3.05) is 20.1 Å². The zero-order valence-corrected chi connectivity index (χ0v) is 10.8. The summed E-state index contributed by atoms with van der Waals surface area (Å²) in [7, 11) is 2.19. The Labute approximate surface area is 98.9 Å². The summed E-state index contributed by atoms with van der Waals surface area (Å²) in [6.07, 6.45) is 3.50. The number of pyridine rings is 1. The number of nitrogens with one attached hydrogen (secondary N) is 1. The molecule has 0 aliphatic carbocycles. The molecule has 0 radical (unpaired) electrons. The minimum atomic E-state index is 0.318. The molecule has 3 heteroatoms. The fraction of sp³-hybridized carbons (Fsp3) is 0.615. The quantitative estimate of drug-likeness (QED) is 0.723. The lowest BCUT2D eigenvalue weighted by atomic mass is 9.92. The van der Waals surface area contributed by atoms with Gasteiger partial charge in [-0.25, -0.2) is 0 Å². The highest BCUT2D eigenvalue weighted by Crippen LogP contribution is 2.19. The van der Waals surface area contributed by atoms with Gasteiger partial charge in [-0.15, -0.1) is 0 Å². The van der Waals surface area contributed by atoms with E-state index < -0.39 is 0 Å². The van der Waals surface area contributed by atoms with Gasteiger partial charge < -0.3 is 5.32 Å². The molecule has 2 rings (SSSR count). The van der Waals surface area contributed by atoms with Crippen molar-refractivity contribution in [3.05, 3.63) is 30.6 Å². The predicted molar refractivity (Wildman–Crippen MR) is 68.4 cm³/mol. The molecule has 16 heavy (non-hydrogen) atoms. The minimum absolute atomic E-state index is 0.318. The van der Waals surface area contributed by atoms with Crippen LogP contribution in [0.2, 0.25) is 0 Å². The van der Waals surface area contributed by atoms with Crippen molar-refractivity contribution in [1.82, 2.24) is 15.2 Å². The predicted octanol–water partition coefficient (Wildman–Crippen LogP) is 1.77. The van der Waals surface area contributed by atoms with Crippen molar-refractivity contribution in [3.63, 3.8) is 0 Å². The Hall–Kier alpha value is -0.930. The van der Waals surface area contributed by atoms with E-state index in [1.165, 1.54) is 0 Å². The third-order valence-corrected chi connectivity index (χ3v) is 3.51. The summed E-state index contributed by atoms with van der Waals surface area (Å²) in [5.41, 5.74) is 0.318. The van der Waals surface area contributed by atoms with Crippen molar-refractivity contribution in [1.29, 1.82) is 0 Å². The van der Waals surface area contributed by atoms with E-state index in [9.17, 15) is 0 Å². The summed E-state index contributed by atoms with van der Waals surface area (Å²) >= 11 is 0. The summed E-state index contributed by atoms with van der Waals surface area (Å²) in [4.78, 5) is 6.20. The maximum absolute atomic E-state index is 3.78. The van der Waals surface area contributed by atoms with Gasteiger partial charge in [-0.05, 0) is 40.0 Å². The number of nitrogens with zero attached hydrogens (tertiary/aromatic N) is 2. The van der Waals surface area contributed by atoms with Gasteiger partial charge in [0.15, 0.2) is 0 Å². The third-order valence-electron chi connectivity index (χ3n) is 3.51. The zero-order chi connectivity index (χ0) is 12.0. The van der Waals surface area contributed by atoms with Crippen molar-refractivity contribution in [2.24, 2.45) is 0 Å². The van der Waals surface area contributed by atoms with Gasteiger partial charge >= 0.3 is 0 Å². The van der Waals surface area contributed by atoms with Crippen LogP contribution in [0.5, 0.6) is 0 Å². The standard InChI is InChI=1S/C8H18N2.C5H5N/c1-7-8(2,3)10(4)6-5-9-7;1-2-4-6-5-3-1/h7,9H,5-6H2,1-4H3;1-5H. The number of aromatic nitrogens is 1. The van der Waals surface area contributed by atoms with Crippen LogP contribution in [0.3, 0.4) is 0 Å². The first kappa shape index (κ1) is 13.1. The van der Waals surface area contributed by atoms with Gasteiger partial charge in [0.1, 0.15) is 0 Å². The first-order valence-electron chi connectivity index (χ1n) is 5.85. The fourth-order valence-electron chi connectivity index (χ4n) is 1.63. The second kappa shape index (κ2) is 5.97. The molecule has 1 atom stereocenters. The molecule has 0 spiro atoms. The average molecular weight is 221 g/mol. The Bertz CT molecular complexity index is 246. The van der Waals surface area contributed by atoms with E-state index >= 15 is 0 Å². The maximum atomic E-state index is 3.78. The van der Waals surface area contributed by atoms with Crippen LogP contribution in [0.1, 0.15) is 20.8 Å². The molecule has 90 valence electrons. The lowest BCUT2D eigenvalue weighted by Crippen LogP contribution is -2.61. The van der Waals surface area contributed by atoms with Crippen LogP contribution < -0.4 is 5.32 Å².